The van der Waals surface area contributed by atoms with Crippen molar-refractivity contribution in [1.29, 1.82) is 0 Å². The zero-order valence-corrected chi connectivity index (χ0v) is 17.9. The van der Waals surface area contributed by atoms with Crippen molar-refractivity contribution in [2.45, 2.75) is 51.2 Å². The van der Waals surface area contributed by atoms with Gasteiger partial charge < -0.3 is 24.5 Å². The van der Waals surface area contributed by atoms with Gasteiger partial charge in [0, 0.05) is 38.6 Å². The molecule has 1 aromatic rings. The lowest BCUT2D eigenvalue weighted by Gasteiger charge is -2.25. The fraction of sp³-hybridized carbons (Fsp3) is 0.737. The highest BCUT2D eigenvalue weighted by Gasteiger charge is 2.28. The van der Waals surface area contributed by atoms with E-state index in [1.165, 1.54) is 6.42 Å². The minimum Gasteiger partial charge on any atom is -0.469 e. The Labute approximate surface area is 173 Å². The highest BCUT2D eigenvalue weighted by Crippen LogP contribution is 2.20. The van der Waals surface area contributed by atoms with E-state index in [1.54, 1.807) is 6.26 Å². The summed E-state index contributed by atoms with van der Waals surface area (Å²) in [5, 5.41) is 13.3. The van der Waals surface area contributed by atoms with Gasteiger partial charge in [0.05, 0.1) is 25.0 Å². The molecule has 0 aliphatic carbocycles. The van der Waals surface area contributed by atoms with Gasteiger partial charge in [-0.3, -0.25) is 4.99 Å². The summed E-state index contributed by atoms with van der Waals surface area (Å²) in [5.41, 5.74) is 0. The molecule has 3 rings (SSSR count). The van der Waals surface area contributed by atoms with Gasteiger partial charge in [0.25, 0.3) is 0 Å². The molecule has 7 heteroatoms. The topological polar surface area (TPSA) is 70.2 Å². The van der Waals surface area contributed by atoms with E-state index in [-0.39, 0.29) is 36.2 Å². The van der Waals surface area contributed by atoms with E-state index < -0.39 is 0 Å². The van der Waals surface area contributed by atoms with Crippen LogP contribution in [-0.2, 0) is 11.2 Å². The largest absolute Gasteiger partial charge is 0.469 e. The molecule has 0 bridgehead atoms. The zero-order chi connectivity index (χ0) is 17.5. The average Bonchev–Trinajstić information content (AvgIpc) is 3.30. The van der Waals surface area contributed by atoms with Gasteiger partial charge in [0.1, 0.15) is 5.76 Å². The number of furan rings is 1. The first-order valence-corrected chi connectivity index (χ1v) is 9.57. The summed E-state index contributed by atoms with van der Waals surface area (Å²) >= 11 is 0. The predicted octanol–water partition coefficient (Wildman–Crippen LogP) is 2.66. The van der Waals surface area contributed by atoms with Crippen molar-refractivity contribution < 1.29 is 14.3 Å². The van der Waals surface area contributed by atoms with E-state index in [0.717, 1.165) is 63.6 Å². The molecule has 2 aliphatic rings. The van der Waals surface area contributed by atoms with E-state index in [2.05, 4.69) is 10.2 Å². The first-order chi connectivity index (χ1) is 12.2. The lowest BCUT2D eigenvalue weighted by atomic mass is 10.0. The highest BCUT2D eigenvalue weighted by molar-refractivity contribution is 14.0. The number of aliphatic hydroxyl groups excluding tert-OH is 1. The molecule has 0 radical (unpaired) electrons. The molecule has 2 fully saturated rings. The number of halogens is 1. The fourth-order valence-electron chi connectivity index (χ4n) is 3.53. The van der Waals surface area contributed by atoms with Crippen molar-refractivity contribution >= 4 is 29.9 Å². The number of guanidine groups is 1. The van der Waals surface area contributed by atoms with Gasteiger partial charge in [-0.15, -0.1) is 24.0 Å². The fourth-order valence-corrected chi connectivity index (χ4v) is 3.53. The Morgan fingerprint density at radius 3 is 2.96 bits per heavy atom. The van der Waals surface area contributed by atoms with E-state index in [0.29, 0.717) is 12.5 Å². The lowest BCUT2D eigenvalue weighted by molar-refractivity contribution is 0.0223. The van der Waals surface area contributed by atoms with Gasteiger partial charge in [0.2, 0.25) is 0 Å². The maximum atomic E-state index is 9.87. The number of nitrogens with one attached hydrogen (secondary N) is 1. The number of aliphatic hydroxyl groups is 1. The minimum absolute atomic E-state index is 0. The van der Waals surface area contributed by atoms with Crippen LogP contribution in [0.4, 0.5) is 0 Å². The smallest absolute Gasteiger partial charge is 0.194 e. The number of aliphatic imine (C=N–C) groups is 1. The van der Waals surface area contributed by atoms with Crippen molar-refractivity contribution in [2.75, 3.05) is 32.8 Å². The van der Waals surface area contributed by atoms with Crippen LogP contribution in [0.1, 0.15) is 38.4 Å². The maximum Gasteiger partial charge on any atom is 0.194 e. The Kier molecular flexibility index (Phi) is 9.21. The second kappa shape index (κ2) is 11.1. The summed E-state index contributed by atoms with van der Waals surface area (Å²) in [5.74, 6) is 2.23. The molecule has 1 aromatic heterocycles. The van der Waals surface area contributed by atoms with Crippen LogP contribution < -0.4 is 5.32 Å². The molecule has 0 amide bonds. The van der Waals surface area contributed by atoms with Crippen LogP contribution in [0.25, 0.3) is 0 Å². The van der Waals surface area contributed by atoms with Crippen molar-refractivity contribution in [3.05, 3.63) is 24.2 Å². The molecule has 6 nitrogen and oxygen atoms in total. The zero-order valence-electron chi connectivity index (χ0n) is 15.6. The van der Waals surface area contributed by atoms with Crippen LogP contribution in [0.15, 0.2) is 27.8 Å². The SMILES string of the molecule is CC(O)C1CCN(C(=NCC2CCCCO2)NCCc2ccco2)C1.I. The van der Waals surface area contributed by atoms with E-state index in [9.17, 15) is 5.11 Å². The molecule has 2 saturated heterocycles. The predicted molar refractivity (Wildman–Crippen MR) is 113 cm³/mol. The second-order valence-corrected chi connectivity index (χ2v) is 7.14. The molecule has 0 spiro atoms. The third-order valence-electron chi connectivity index (χ3n) is 5.16. The molecule has 2 N–H and O–H groups in total. The van der Waals surface area contributed by atoms with Gasteiger partial charge in [0.15, 0.2) is 5.96 Å². The van der Waals surface area contributed by atoms with Crippen molar-refractivity contribution in [2.24, 2.45) is 10.9 Å². The Morgan fingerprint density at radius 2 is 2.31 bits per heavy atom. The number of hydrogen-bond donors (Lipinski definition) is 2. The highest BCUT2D eigenvalue weighted by atomic mass is 127. The van der Waals surface area contributed by atoms with Crippen LogP contribution in [0.2, 0.25) is 0 Å². The number of nitrogens with zero attached hydrogens (tertiary/aromatic N) is 2. The lowest BCUT2D eigenvalue weighted by Crippen LogP contribution is -2.42. The molecule has 26 heavy (non-hydrogen) atoms. The molecule has 3 unspecified atom stereocenters. The number of hydrogen-bond acceptors (Lipinski definition) is 4. The van der Waals surface area contributed by atoms with Gasteiger partial charge in [-0.05, 0) is 44.7 Å². The third-order valence-corrected chi connectivity index (χ3v) is 5.16. The molecule has 3 atom stereocenters. The van der Waals surface area contributed by atoms with E-state index in [4.69, 9.17) is 14.1 Å². The summed E-state index contributed by atoms with van der Waals surface area (Å²) in [6, 6.07) is 3.91. The minimum atomic E-state index is -0.268. The number of likely N-dealkylation sites (tertiary alicyclic amines) is 1. The Hall–Kier alpha value is -0.800. The van der Waals surface area contributed by atoms with Crippen LogP contribution in [0.3, 0.4) is 0 Å². The summed E-state index contributed by atoms with van der Waals surface area (Å²) in [4.78, 5) is 7.10. The Morgan fingerprint density at radius 1 is 1.42 bits per heavy atom. The molecule has 148 valence electrons. The summed E-state index contributed by atoms with van der Waals surface area (Å²) in [6.07, 6.45) is 7.02. The first kappa shape index (κ1) is 21.5. The van der Waals surface area contributed by atoms with E-state index >= 15 is 0 Å². The van der Waals surface area contributed by atoms with Gasteiger partial charge in [-0.2, -0.15) is 0 Å². The molecular weight excluding hydrogens is 445 g/mol. The average molecular weight is 477 g/mol. The van der Waals surface area contributed by atoms with Gasteiger partial charge in [-0.25, -0.2) is 0 Å². The number of rotatable bonds is 6. The van der Waals surface area contributed by atoms with Crippen LogP contribution in [0.5, 0.6) is 0 Å². The normalized spacial score (nSPS) is 25.0. The first-order valence-electron chi connectivity index (χ1n) is 9.57. The maximum absolute atomic E-state index is 9.87. The van der Waals surface area contributed by atoms with Crippen LogP contribution in [0, 0.1) is 5.92 Å². The standard InChI is InChI=1S/C19H31N3O3.HI/c1-15(23)16-8-10-22(14-16)19(20-9-7-17-6-4-12-24-17)21-13-18-5-2-3-11-25-18;/h4,6,12,15-16,18,23H,2-3,5,7-11,13-14H2,1H3,(H,20,21);1H. The summed E-state index contributed by atoms with van der Waals surface area (Å²) < 4.78 is 11.2. The van der Waals surface area contributed by atoms with Crippen molar-refractivity contribution in [3.63, 3.8) is 0 Å². The molecule has 0 saturated carbocycles. The van der Waals surface area contributed by atoms with Crippen LogP contribution >= 0.6 is 24.0 Å². The molecule has 2 aliphatic heterocycles. The van der Waals surface area contributed by atoms with Crippen molar-refractivity contribution in [3.8, 4) is 0 Å². The second-order valence-electron chi connectivity index (χ2n) is 7.14. The molecule has 0 aromatic carbocycles. The molecular formula is C19H32IN3O3. The summed E-state index contributed by atoms with van der Waals surface area (Å²) in [7, 11) is 0. The Bertz CT molecular complexity index is 530. The van der Waals surface area contributed by atoms with Gasteiger partial charge >= 0.3 is 0 Å². The van der Waals surface area contributed by atoms with Gasteiger partial charge in [-0.1, -0.05) is 0 Å². The third kappa shape index (κ3) is 6.42. The number of ether oxygens (including phenoxy) is 1. The van der Waals surface area contributed by atoms with Crippen LogP contribution in [-0.4, -0.2) is 61.0 Å². The summed E-state index contributed by atoms with van der Waals surface area (Å²) in [6.45, 7) is 6.02. The quantitative estimate of drug-likeness (QED) is 0.375. The van der Waals surface area contributed by atoms with Crippen molar-refractivity contribution in [1.82, 2.24) is 10.2 Å². The Balaban J connectivity index is 0.00000243. The monoisotopic (exact) mass is 477 g/mol. The van der Waals surface area contributed by atoms with E-state index in [1.807, 2.05) is 19.1 Å². The molecule has 3 heterocycles.